The highest BCUT2D eigenvalue weighted by Gasteiger charge is 2.38. The second-order valence-electron chi connectivity index (χ2n) is 7.36. The van der Waals surface area contributed by atoms with Crippen LogP contribution in [0, 0.1) is 11.8 Å². The fourth-order valence-corrected chi connectivity index (χ4v) is 3.65. The predicted octanol–water partition coefficient (Wildman–Crippen LogP) is 3.65. The van der Waals surface area contributed by atoms with E-state index in [-0.39, 0.29) is 11.8 Å². The molecule has 0 spiro atoms. The number of nitrogens with one attached hydrogen (secondary N) is 1. The minimum atomic E-state index is -0.733. The van der Waals surface area contributed by atoms with Gasteiger partial charge in [-0.25, -0.2) is 4.39 Å². The summed E-state index contributed by atoms with van der Waals surface area (Å²) < 4.78 is 12.2. The summed E-state index contributed by atoms with van der Waals surface area (Å²) in [6.07, 6.45) is 1.32. The minimum absolute atomic E-state index is 0.0147. The van der Waals surface area contributed by atoms with Gasteiger partial charge in [0, 0.05) is 27.9 Å². The molecule has 5 nitrogen and oxygen atoms in total. The maximum absolute atomic E-state index is 12.2. The quantitative estimate of drug-likeness (QED) is 0.608. The monoisotopic (exact) mass is 377 g/mol. The molecule has 0 bridgehead atoms. The van der Waals surface area contributed by atoms with E-state index in [0.717, 1.165) is 10.8 Å². The molecule has 1 fully saturated rings. The zero-order chi connectivity index (χ0) is 19.7. The first kappa shape index (κ1) is 18.2. The van der Waals surface area contributed by atoms with Crippen LogP contribution in [0.3, 0.4) is 0 Å². The van der Waals surface area contributed by atoms with Gasteiger partial charge in [-0.2, -0.15) is 0 Å². The Morgan fingerprint density at radius 3 is 2.61 bits per heavy atom. The third-order valence-corrected chi connectivity index (χ3v) is 4.95. The van der Waals surface area contributed by atoms with Crippen LogP contribution in [0.1, 0.15) is 25.3 Å². The SMILES string of the molecule is CC1(O)CC(Nc2nnc(-c3ccc(C#CCF)cc3O)c3ccccc23)C1. The van der Waals surface area contributed by atoms with Crippen LogP contribution >= 0.6 is 0 Å². The number of aliphatic hydroxyl groups is 1. The van der Waals surface area contributed by atoms with Gasteiger partial charge in [0.05, 0.1) is 5.60 Å². The first-order valence-electron chi connectivity index (χ1n) is 9.09. The number of phenols is 1. The molecule has 28 heavy (non-hydrogen) atoms. The molecule has 1 saturated carbocycles. The van der Waals surface area contributed by atoms with Gasteiger partial charge >= 0.3 is 0 Å². The lowest BCUT2D eigenvalue weighted by Crippen LogP contribution is -2.48. The maximum atomic E-state index is 12.2. The van der Waals surface area contributed by atoms with E-state index in [4.69, 9.17) is 0 Å². The molecule has 0 radical (unpaired) electrons. The molecule has 3 N–H and O–H groups in total. The van der Waals surface area contributed by atoms with E-state index >= 15 is 0 Å². The molecule has 1 aliphatic carbocycles. The number of halogens is 1. The highest BCUT2D eigenvalue weighted by molar-refractivity contribution is 6.01. The number of rotatable bonds is 3. The first-order chi connectivity index (χ1) is 13.5. The lowest BCUT2D eigenvalue weighted by atomic mass is 9.77. The van der Waals surface area contributed by atoms with E-state index in [1.165, 1.54) is 6.07 Å². The minimum Gasteiger partial charge on any atom is -0.507 e. The van der Waals surface area contributed by atoms with Crippen LogP contribution in [0.15, 0.2) is 42.5 Å². The van der Waals surface area contributed by atoms with Crippen molar-refractivity contribution >= 4 is 16.6 Å². The van der Waals surface area contributed by atoms with E-state index in [1.54, 1.807) is 12.1 Å². The standard InChI is InChI=1S/C22H20FN3O2/c1-22(28)12-15(13-22)24-21-17-7-3-2-6-16(17)20(25-26-21)18-9-8-14(5-4-10-23)11-19(18)27/h2-3,6-9,11,15,27-28H,10,12-13H2,1H3,(H,24,26). The molecule has 0 unspecified atom stereocenters. The Morgan fingerprint density at radius 1 is 1.18 bits per heavy atom. The summed E-state index contributed by atoms with van der Waals surface area (Å²) in [6.45, 7) is 1.09. The van der Waals surface area contributed by atoms with E-state index in [9.17, 15) is 14.6 Å². The first-order valence-corrected chi connectivity index (χ1v) is 9.09. The van der Waals surface area contributed by atoms with Crippen LogP contribution in [0.5, 0.6) is 5.75 Å². The Hall–Kier alpha value is -3.17. The molecule has 0 amide bonds. The molecule has 142 valence electrons. The van der Waals surface area contributed by atoms with E-state index in [2.05, 4.69) is 27.4 Å². The number of aromatic nitrogens is 2. The van der Waals surface area contributed by atoms with Gasteiger partial charge in [-0.1, -0.05) is 36.1 Å². The molecule has 0 aliphatic heterocycles. The van der Waals surface area contributed by atoms with Gasteiger partial charge in [-0.3, -0.25) is 0 Å². The van der Waals surface area contributed by atoms with Gasteiger partial charge < -0.3 is 15.5 Å². The second kappa shape index (κ2) is 7.10. The number of aromatic hydroxyl groups is 1. The maximum Gasteiger partial charge on any atom is 0.156 e. The van der Waals surface area contributed by atoms with E-state index in [0.29, 0.717) is 35.5 Å². The number of benzene rings is 2. The average Bonchev–Trinajstić information content (AvgIpc) is 2.66. The Bertz CT molecular complexity index is 1090. The summed E-state index contributed by atoms with van der Waals surface area (Å²) >= 11 is 0. The van der Waals surface area contributed by atoms with Gasteiger partial charge in [0.2, 0.25) is 0 Å². The molecule has 0 atom stereocenters. The molecular weight excluding hydrogens is 357 g/mol. The van der Waals surface area contributed by atoms with Crippen LogP contribution in [0.2, 0.25) is 0 Å². The van der Waals surface area contributed by atoms with Crippen molar-refractivity contribution in [3.05, 3.63) is 48.0 Å². The van der Waals surface area contributed by atoms with Gasteiger partial charge in [0.1, 0.15) is 11.4 Å². The molecule has 4 rings (SSSR count). The Balaban J connectivity index is 1.72. The fraction of sp³-hybridized carbons (Fsp3) is 0.273. The average molecular weight is 377 g/mol. The summed E-state index contributed by atoms with van der Waals surface area (Å²) in [5, 5.41) is 34.2. The zero-order valence-electron chi connectivity index (χ0n) is 15.4. The van der Waals surface area contributed by atoms with Crippen molar-refractivity contribution in [3.63, 3.8) is 0 Å². The largest absolute Gasteiger partial charge is 0.507 e. The smallest absolute Gasteiger partial charge is 0.156 e. The van der Waals surface area contributed by atoms with Crippen molar-refractivity contribution in [1.82, 2.24) is 10.2 Å². The van der Waals surface area contributed by atoms with Crippen molar-refractivity contribution in [2.24, 2.45) is 0 Å². The third-order valence-electron chi connectivity index (χ3n) is 4.95. The topological polar surface area (TPSA) is 78.3 Å². The summed E-state index contributed by atoms with van der Waals surface area (Å²) in [6, 6.07) is 12.8. The fourth-order valence-electron chi connectivity index (χ4n) is 3.65. The molecule has 2 aromatic carbocycles. The highest BCUT2D eigenvalue weighted by Crippen LogP contribution is 2.37. The van der Waals surface area contributed by atoms with E-state index in [1.807, 2.05) is 31.2 Å². The normalized spacial score (nSPS) is 20.9. The molecule has 1 heterocycles. The van der Waals surface area contributed by atoms with Gasteiger partial charge in [0.15, 0.2) is 12.5 Å². The number of fused-ring (bicyclic) bond motifs is 1. The molecule has 1 aromatic heterocycles. The number of hydrogen-bond acceptors (Lipinski definition) is 5. The lowest BCUT2D eigenvalue weighted by Gasteiger charge is -2.41. The molecule has 6 heteroatoms. The van der Waals surface area contributed by atoms with Crippen LogP contribution in [-0.2, 0) is 0 Å². The van der Waals surface area contributed by atoms with Crippen molar-refractivity contribution in [3.8, 4) is 28.8 Å². The molecule has 3 aromatic rings. The van der Waals surface area contributed by atoms with Crippen molar-refractivity contribution in [2.45, 2.75) is 31.4 Å². The summed E-state index contributed by atoms with van der Waals surface area (Å²) in [7, 11) is 0. The van der Waals surface area contributed by atoms with Crippen LogP contribution in [-0.4, -0.2) is 38.7 Å². The van der Waals surface area contributed by atoms with Gasteiger partial charge in [0.25, 0.3) is 0 Å². The Morgan fingerprint density at radius 2 is 1.93 bits per heavy atom. The lowest BCUT2D eigenvalue weighted by molar-refractivity contribution is -0.0235. The summed E-state index contributed by atoms with van der Waals surface area (Å²) in [4.78, 5) is 0. The van der Waals surface area contributed by atoms with Crippen molar-refractivity contribution in [2.75, 3.05) is 12.0 Å². The molecule has 1 aliphatic rings. The number of phenolic OH excluding ortho intramolecular Hbond substituents is 1. The summed E-state index contributed by atoms with van der Waals surface area (Å²) in [5.41, 5.74) is 1.00. The highest BCUT2D eigenvalue weighted by atomic mass is 19.1. The Labute approximate surface area is 162 Å². The van der Waals surface area contributed by atoms with Crippen LogP contribution in [0.25, 0.3) is 22.0 Å². The zero-order valence-corrected chi connectivity index (χ0v) is 15.4. The number of anilines is 1. The number of hydrogen-bond donors (Lipinski definition) is 3. The Kier molecular flexibility index (Phi) is 4.62. The van der Waals surface area contributed by atoms with Crippen molar-refractivity contribution in [1.29, 1.82) is 0 Å². The van der Waals surface area contributed by atoms with Crippen LogP contribution < -0.4 is 5.32 Å². The summed E-state index contributed by atoms with van der Waals surface area (Å²) in [5.74, 6) is 5.66. The predicted molar refractivity (Wildman–Crippen MR) is 107 cm³/mol. The molecular formula is C22H20FN3O2. The number of nitrogens with zero attached hydrogens (tertiary/aromatic N) is 2. The van der Waals surface area contributed by atoms with Gasteiger partial charge in [-0.15, -0.1) is 10.2 Å². The van der Waals surface area contributed by atoms with E-state index < -0.39 is 12.3 Å². The van der Waals surface area contributed by atoms with Crippen molar-refractivity contribution < 1.29 is 14.6 Å². The van der Waals surface area contributed by atoms with Gasteiger partial charge in [-0.05, 0) is 38.0 Å². The molecule has 0 saturated heterocycles. The number of alkyl halides is 1. The third kappa shape index (κ3) is 3.49. The van der Waals surface area contributed by atoms with Crippen LogP contribution in [0.4, 0.5) is 10.2 Å². The second-order valence-corrected chi connectivity index (χ2v) is 7.36.